The maximum atomic E-state index is 13.5. The Kier molecular flexibility index (Phi) is 6.23. The lowest BCUT2D eigenvalue weighted by atomic mass is 9.97. The van der Waals surface area contributed by atoms with Gasteiger partial charge in [-0.3, -0.25) is 9.59 Å². The molecule has 1 atom stereocenters. The number of nitrogens with one attached hydrogen (secondary N) is 1. The van der Waals surface area contributed by atoms with Crippen LogP contribution in [0.3, 0.4) is 0 Å². The summed E-state index contributed by atoms with van der Waals surface area (Å²) in [6, 6.07) is 11.4. The van der Waals surface area contributed by atoms with Crippen LogP contribution in [0.1, 0.15) is 29.8 Å². The minimum absolute atomic E-state index is 0.109. The Morgan fingerprint density at radius 1 is 1.25 bits per heavy atom. The normalized spacial score (nSPS) is 17.2. The molecule has 0 radical (unpaired) electrons. The van der Waals surface area contributed by atoms with Crippen LogP contribution in [0, 0.1) is 11.7 Å². The van der Waals surface area contributed by atoms with Gasteiger partial charge in [0.2, 0.25) is 5.91 Å². The average molecular weight is 439 g/mol. The van der Waals surface area contributed by atoms with Crippen molar-refractivity contribution in [3.63, 3.8) is 0 Å². The zero-order valence-electron chi connectivity index (χ0n) is 18.3. The van der Waals surface area contributed by atoms with E-state index in [4.69, 9.17) is 4.74 Å². The van der Waals surface area contributed by atoms with Gasteiger partial charge >= 0.3 is 0 Å². The number of halogens is 1. The summed E-state index contributed by atoms with van der Waals surface area (Å²) in [5.41, 5.74) is 1.21. The molecule has 1 saturated heterocycles. The van der Waals surface area contributed by atoms with Gasteiger partial charge in [0.25, 0.3) is 5.91 Å². The van der Waals surface area contributed by atoms with Crippen molar-refractivity contribution in [1.29, 1.82) is 0 Å². The molecule has 32 heavy (non-hydrogen) atoms. The minimum atomic E-state index is -1.15. The van der Waals surface area contributed by atoms with E-state index < -0.39 is 17.3 Å². The van der Waals surface area contributed by atoms with Crippen molar-refractivity contribution < 1.29 is 18.7 Å². The van der Waals surface area contributed by atoms with Crippen LogP contribution in [-0.4, -0.2) is 58.2 Å². The molecule has 8 heteroatoms. The van der Waals surface area contributed by atoms with Gasteiger partial charge in [-0.05, 0) is 56.2 Å². The second kappa shape index (κ2) is 9.08. The maximum absolute atomic E-state index is 13.5. The number of carbonyl (C=O) groups is 2. The number of carbonyl (C=O) groups excluding carboxylic acids is 2. The third-order valence-corrected chi connectivity index (χ3v) is 5.70. The fraction of sp³-hybridized carbons (Fsp3) is 0.375. The lowest BCUT2D eigenvalue weighted by molar-refractivity contribution is -0.137. The van der Waals surface area contributed by atoms with Crippen LogP contribution in [0.2, 0.25) is 0 Å². The van der Waals surface area contributed by atoms with Gasteiger partial charge in [0.15, 0.2) is 0 Å². The summed E-state index contributed by atoms with van der Waals surface area (Å²) in [6.45, 7) is 5.29. The van der Waals surface area contributed by atoms with Gasteiger partial charge < -0.3 is 15.0 Å². The highest BCUT2D eigenvalue weighted by atomic mass is 19.1. The molecule has 1 aliphatic rings. The molecule has 0 unspecified atom stereocenters. The summed E-state index contributed by atoms with van der Waals surface area (Å²) in [6.07, 6.45) is 4.42. The van der Waals surface area contributed by atoms with Gasteiger partial charge in [0.05, 0.1) is 18.7 Å². The van der Waals surface area contributed by atoms with Crippen molar-refractivity contribution in [2.24, 2.45) is 5.92 Å². The number of benzene rings is 1. The van der Waals surface area contributed by atoms with Gasteiger partial charge in [0, 0.05) is 37.0 Å². The van der Waals surface area contributed by atoms with E-state index in [2.05, 4.69) is 16.5 Å². The summed E-state index contributed by atoms with van der Waals surface area (Å²) >= 11 is 0. The first-order chi connectivity index (χ1) is 15.3. The van der Waals surface area contributed by atoms with E-state index in [0.29, 0.717) is 26.3 Å². The zero-order valence-corrected chi connectivity index (χ0v) is 18.3. The Morgan fingerprint density at radius 2 is 2.09 bits per heavy atom. The highest BCUT2D eigenvalue weighted by molar-refractivity contribution is 5.98. The zero-order chi connectivity index (χ0) is 22.7. The van der Waals surface area contributed by atoms with Crippen LogP contribution < -0.4 is 5.32 Å². The van der Waals surface area contributed by atoms with Gasteiger partial charge in [-0.15, -0.1) is 0 Å². The first-order valence-electron chi connectivity index (χ1n) is 10.7. The SMILES string of the molecule is CC(C)(NC(=O)c1cccc(F)c1)C(=O)N1CCOC[C@@H](Cc2cccn3nccc23)C1. The second-order valence-corrected chi connectivity index (χ2v) is 8.68. The van der Waals surface area contributed by atoms with Crippen LogP contribution in [0.15, 0.2) is 54.9 Å². The number of ether oxygens (including phenoxy) is 1. The topological polar surface area (TPSA) is 75.9 Å². The largest absolute Gasteiger partial charge is 0.379 e. The number of hydrogen-bond acceptors (Lipinski definition) is 4. The van der Waals surface area contributed by atoms with Crippen LogP contribution >= 0.6 is 0 Å². The monoisotopic (exact) mass is 438 g/mol. The number of amides is 2. The molecular weight excluding hydrogens is 411 g/mol. The Labute approximate surface area is 186 Å². The number of aromatic nitrogens is 2. The molecule has 3 aromatic rings. The highest BCUT2D eigenvalue weighted by Gasteiger charge is 2.35. The van der Waals surface area contributed by atoms with Crippen molar-refractivity contribution >= 4 is 17.3 Å². The molecule has 1 aromatic carbocycles. The quantitative estimate of drug-likeness (QED) is 0.665. The van der Waals surface area contributed by atoms with Gasteiger partial charge in [0.1, 0.15) is 11.4 Å². The maximum Gasteiger partial charge on any atom is 0.252 e. The predicted molar refractivity (Wildman–Crippen MR) is 118 cm³/mol. The number of nitrogens with zero attached hydrogens (tertiary/aromatic N) is 3. The first-order valence-corrected chi connectivity index (χ1v) is 10.7. The lowest BCUT2D eigenvalue weighted by Crippen LogP contribution is -2.57. The van der Waals surface area contributed by atoms with Gasteiger partial charge in [-0.1, -0.05) is 12.1 Å². The minimum Gasteiger partial charge on any atom is -0.379 e. The third kappa shape index (κ3) is 4.80. The summed E-state index contributed by atoms with van der Waals surface area (Å²) < 4.78 is 21.1. The molecule has 0 aliphatic carbocycles. The summed E-state index contributed by atoms with van der Waals surface area (Å²) in [5, 5.41) is 7.03. The molecule has 2 amide bonds. The van der Waals surface area contributed by atoms with Crippen LogP contribution in [0.25, 0.3) is 5.52 Å². The van der Waals surface area contributed by atoms with E-state index in [1.54, 1.807) is 24.9 Å². The Balaban J connectivity index is 1.46. The summed E-state index contributed by atoms with van der Waals surface area (Å²) in [5.74, 6) is -1.07. The molecule has 3 heterocycles. The molecule has 2 aromatic heterocycles. The molecule has 1 fully saturated rings. The fourth-order valence-corrected chi connectivity index (χ4v) is 4.12. The fourth-order valence-electron chi connectivity index (χ4n) is 4.12. The number of rotatable bonds is 5. The second-order valence-electron chi connectivity index (χ2n) is 8.68. The number of pyridine rings is 1. The Bertz CT molecular complexity index is 1130. The lowest BCUT2D eigenvalue weighted by Gasteiger charge is -2.33. The standard InChI is InChI=1S/C24H27FN4O3/c1-24(2,27-22(30)19-5-3-7-20(25)14-19)23(31)28-11-12-32-16-17(15-28)13-18-6-4-10-29-21(18)8-9-26-29/h3-10,14,17H,11-13,15-16H2,1-2H3,(H,27,30)/t17-/m0/s1. The molecule has 0 spiro atoms. The van der Waals surface area contributed by atoms with Gasteiger partial charge in [-0.25, -0.2) is 8.91 Å². The number of hydrogen-bond donors (Lipinski definition) is 1. The third-order valence-electron chi connectivity index (χ3n) is 5.70. The van der Waals surface area contributed by atoms with Crippen molar-refractivity contribution in [1.82, 2.24) is 19.8 Å². The molecule has 168 valence electrons. The Hall–Kier alpha value is -3.26. The van der Waals surface area contributed by atoms with Crippen molar-refractivity contribution in [3.05, 3.63) is 71.8 Å². The molecule has 1 N–H and O–H groups in total. The summed E-state index contributed by atoms with van der Waals surface area (Å²) in [4.78, 5) is 27.7. The van der Waals surface area contributed by atoms with E-state index >= 15 is 0 Å². The van der Waals surface area contributed by atoms with E-state index in [0.717, 1.165) is 23.6 Å². The molecule has 0 saturated carbocycles. The van der Waals surface area contributed by atoms with Crippen molar-refractivity contribution in [2.45, 2.75) is 25.8 Å². The van der Waals surface area contributed by atoms with E-state index in [-0.39, 0.29) is 17.4 Å². The molecule has 7 nitrogen and oxygen atoms in total. The van der Waals surface area contributed by atoms with Gasteiger partial charge in [-0.2, -0.15) is 5.10 Å². The first kappa shape index (κ1) is 22.0. The van der Waals surface area contributed by atoms with Crippen LogP contribution in [-0.2, 0) is 16.0 Å². The summed E-state index contributed by atoms with van der Waals surface area (Å²) in [7, 11) is 0. The van der Waals surface area contributed by atoms with E-state index in [1.165, 1.54) is 18.2 Å². The molecule has 4 rings (SSSR count). The van der Waals surface area contributed by atoms with Crippen molar-refractivity contribution in [2.75, 3.05) is 26.3 Å². The van der Waals surface area contributed by atoms with E-state index in [1.807, 2.05) is 22.8 Å². The molecular formula is C24H27FN4O3. The van der Waals surface area contributed by atoms with Crippen molar-refractivity contribution in [3.8, 4) is 0 Å². The average Bonchev–Trinajstić information content (AvgIpc) is 3.13. The highest BCUT2D eigenvalue weighted by Crippen LogP contribution is 2.20. The number of fused-ring (bicyclic) bond motifs is 1. The van der Waals surface area contributed by atoms with Crippen LogP contribution in [0.5, 0.6) is 0 Å². The Morgan fingerprint density at radius 3 is 2.91 bits per heavy atom. The smallest absolute Gasteiger partial charge is 0.252 e. The molecule has 0 bridgehead atoms. The van der Waals surface area contributed by atoms with Crippen LogP contribution in [0.4, 0.5) is 4.39 Å². The predicted octanol–water partition coefficient (Wildman–Crippen LogP) is 2.70. The van der Waals surface area contributed by atoms with E-state index in [9.17, 15) is 14.0 Å². The molecule has 1 aliphatic heterocycles.